The number of carboxylic acids is 1. The first-order valence-corrected chi connectivity index (χ1v) is 4.93. The summed E-state index contributed by atoms with van der Waals surface area (Å²) in [5, 5.41) is 8.29. The van der Waals surface area contributed by atoms with E-state index in [0.717, 1.165) is 6.07 Å². The van der Waals surface area contributed by atoms with E-state index >= 15 is 0 Å². The average molecular weight is 300 g/mol. The average Bonchev–Trinajstić information content (AvgIpc) is 2.09. The topological polar surface area (TPSA) is 50.2 Å². The van der Waals surface area contributed by atoms with E-state index in [0.29, 0.717) is 0 Å². The van der Waals surface area contributed by atoms with Crippen molar-refractivity contribution in [1.82, 2.24) is 4.98 Å². The SMILES string of the molecule is O=C(O)Cc1cc(C(F)F)c(Cl)c(Br)n1. The quantitative estimate of drug-likeness (QED) is 0.873. The molecule has 0 saturated heterocycles. The number of pyridine rings is 1. The molecule has 0 bridgehead atoms. The molecule has 1 heterocycles. The molecule has 1 aromatic heterocycles. The normalized spacial score (nSPS) is 10.7. The summed E-state index contributed by atoms with van der Waals surface area (Å²) >= 11 is 8.45. The highest BCUT2D eigenvalue weighted by molar-refractivity contribution is 9.10. The van der Waals surface area contributed by atoms with Crippen LogP contribution in [0.25, 0.3) is 0 Å². The highest BCUT2D eigenvalue weighted by Crippen LogP contribution is 2.32. The van der Waals surface area contributed by atoms with Crippen molar-refractivity contribution in [3.05, 3.63) is 26.9 Å². The zero-order valence-corrected chi connectivity index (χ0v) is 9.52. The number of carbonyl (C=O) groups is 1. The van der Waals surface area contributed by atoms with Gasteiger partial charge in [-0.25, -0.2) is 13.8 Å². The number of hydrogen-bond acceptors (Lipinski definition) is 2. The Kier molecular flexibility index (Phi) is 3.98. The van der Waals surface area contributed by atoms with E-state index in [1.807, 2.05) is 0 Å². The van der Waals surface area contributed by atoms with Gasteiger partial charge in [0.1, 0.15) is 4.60 Å². The van der Waals surface area contributed by atoms with Gasteiger partial charge in [-0.2, -0.15) is 0 Å². The maximum Gasteiger partial charge on any atom is 0.309 e. The Morgan fingerprint density at radius 3 is 2.73 bits per heavy atom. The molecule has 1 aromatic rings. The van der Waals surface area contributed by atoms with Crippen LogP contribution in [0.5, 0.6) is 0 Å². The van der Waals surface area contributed by atoms with Crippen LogP contribution in [0, 0.1) is 0 Å². The van der Waals surface area contributed by atoms with Gasteiger partial charge in [0.25, 0.3) is 6.43 Å². The Balaban J connectivity index is 3.17. The first kappa shape index (κ1) is 12.3. The third-order valence-corrected chi connectivity index (χ3v) is 2.77. The number of carboxylic acid groups (broad SMARTS) is 1. The number of alkyl halides is 2. The number of halogens is 4. The number of aliphatic carboxylic acids is 1. The van der Waals surface area contributed by atoms with E-state index < -0.39 is 24.4 Å². The third kappa shape index (κ3) is 3.10. The molecular weight excluding hydrogens is 295 g/mol. The summed E-state index contributed by atoms with van der Waals surface area (Å²) in [5.41, 5.74) is -0.385. The first-order chi connectivity index (χ1) is 6.91. The molecule has 0 atom stereocenters. The van der Waals surface area contributed by atoms with E-state index in [2.05, 4.69) is 20.9 Å². The van der Waals surface area contributed by atoms with Gasteiger partial charge in [0, 0.05) is 5.56 Å². The highest BCUT2D eigenvalue weighted by atomic mass is 79.9. The van der Waals surface area contributed by atoms with Crippen LogP contribution in [0.3, 0.4) is 0 Å². The van der Waals surface area contributed by atoms with Crippen LogP contribution < -0.4 is 0 Å². The summed E-state index contributed by atoms with van der Waals surface area (Å²) < 4.78 is 24.9. The molecule has 0 unspecified atom stereocenters. The smallest absolute Gasteiger partial charge is 0.309 e. The second-order valence-electron chi connectivity index (χ2n) is 2.68. The predicted molar refractivity (Wildman–Crippen MR) is 53.2 cm³/mol. The molecule has 0 fully saturated rings. The van der Waals surface area contributed by atoms with Crippen molar-refractivity contribution in [2.24, 2.45) is 0 Å². The number of hydrogen-bond donors (Lipinski definition) is 1. The molecule has 0 spiro atoms. The summed E-state index contributed by atoms with van der Waals surface area (Å²) in [6.07, 6.45) is -3.18. The molecule has 7 heteroatoms. The maximum absolute atomic E-state index is 12.4. The van der Waals surface area contributed by atoms with Crippen LogP contribution in [0.2, 0.25) is 5.02 Å². The van der Waals surface area contributed by atoms with Crippen molar-refractivity contribution in [2.75, 3.05) is 0 Å². The van der Waals surface area contributed by atoms with Gasteiger partial charge >= 0.3 is 5.97 Å². The fourth-order valence-electron chi connectivity index (χ4n) is 0.974. The summed E-state index contributed by atoms with van der Waals surface area (Å²) in [5.74, 6) is -1.14. The van der Waals surface area contributed by atoms with Gasteiger partial charge in [0.2, 0.25) is 0 Å². The first-order valence-electron chi connectivity index (χ1n) is 3.76. The monoisotopic (exact) mass is 299 g/mol. The summed E-state index contributed by atoms with van der Waals surface area (Å²) in [6.45, 7) is 0. The summed E-state index contributed by atoms with van der Waals surface area (Å²) in [4.78, 5) is 14.1. The van der Waals surface area contributed by atoms with Crippen LogP contribution in [0.4, 0.5) is 8.78 Å². The van der Waals surface area contributed by atoms with Crippen molar-refractivity contribution >= 4 is 33.5 Å². The molecule has 0 aliphatic heterocycles. The molecule has 0 saturated carbocycles. The van der Waals surface area contributed by atoms with E-state index in [1.165, 1.54) is 0 Å². The Labute approximate surface area is 97.2 Å². The van der Waals surface area contributed by atoms with Crippen molar-refractivity contribution in [3.8, 4) is 0 Å². The molecule has 1 rings (SSSR count). The second-order valence-corrected chi connectivity index (χ2v) is 3.81. The minimum atomic E-state index is -2.76. The van der Waals surface area contributed by atoms with Gasteiger partial charge in [0.05, 0.1) is 17.1 Å². The van der Waals surface area contributed by atoms with Gasteiger partial charge in [-0.1, -0.05) is 11.6 Å². The zero-order valence-electron chi connectivity index (χ0n) is 7.18. The highest BCUT2D eigenvalue weighted by Gasteiger charge is 2.17. The van der Waals surface area contributed by atoms with E-state index in [4.69, 9.17) is 16.7 Å². The standard InChI is InChI=1S/C8H5BrClF2NO2/c9-7-6(10)4(8(11)12)1-3(13-7)2-5(14)15/h1,8H,2H2,(H,14,15). The predicted octanol–water partition coefficient (Wildman–Crippen LogP) is 3.06. The minimum Gasteiger partial charge on any atom is -0.481 e. The number of rotatable bonds is 3. The van der Waals surface area contributed by atoms with Crippen LogP contribution in [0.15, 0.2) is 10.7 Å². The molecule has 0 aliphatic carbocycles. The molecule has 1 N–H and O–H groups in total. The number of aromatic nitrogens is 1. The van der Waals surface area contributed by atoms with Gasteiger partial charge in [-0.15, -0.1) is 0 Å². The van der Waals surface area contributed by atoms with Gasteiger partial charge < -0.3 is 5.11 Å². The molecule has 0 radical (unpaired) electrons. The van der Waals surface area contributed by atoms with Crippen molar-refractivity contribution < 1.29 is 18.7 Å². The van der Waals surface area contributed by atoms with Gasteiger partial charge in [-0.3, -0.25) is 4.79 Å². The lowest BCUT2D eigenvalue weighted by molar-refractivity contribution is -0.136. The summed E-state index contributed by atoms with van der Waals surface area (Å²) in [6, 6.07) is 0.992. The molecule has 0 aromatic carbocycles. The lowest BCUT2D eigenvalue weighted by Crippen LogP contribution is -2.04. The molecule has 15 heavy (non-hydrogen) atoms. The maximum atomic E-state index is 12.4. The third-order valence-electron chi connectivity index (χ3n) is 1.57. The minimum absolute atomic E-state index is 0.0261. The van der Waals surface area contributed by atoms with E-state index in [-0.39, 0.29) is 15.3 Å². The lowest BCUT2D eigenvalue weighted by atomic mass is 10.2. The van der Waals surface area contributed by atoms with Gasteiger partial charge in [0.15, 0.2) is 0 Å². The van der Waals surface area contributed by atoms with E-state index in [9.17, 15) is 13.6 Å². The fraction of sp³-hybridized carbons (Fsp3) is 0.250. The zero-order chi connectivity index (χ0) is 11.6. The van der Waals surface area contributed by atoms with Crippen LogP contribution in [-0.2, 0) is 11.2 Å². The largest absolute Gasteiger partial charge is 0.481 e. The van der Waals surface area contributed by atoms with Crippen molar-refractivity contribution in [2.45, 2.75) is 12.8 Å². The van der Waals surface area contributed by atoms with Crippen molar-refractivity contribution in [1.29, 1.82) is 0 Å². The molecule has 0 amide bonds. The fourth-order valence-corrected chi connectivity index (χ4v) is 1.61. The second kappa shape index (κ2) is 4.85. The van der Waals surface area contributed by atoms with Crippen LogP contribution >= 0.6 is 27.5 Å². The van der Waals surface area contributed by atoms with Crippen LogP contribution in [-0.4, -0.2) is 16.1 Å². The Morgan fingerprint density at radius 2 is 2.27 bits per heavy atom. The molecular formula is C8H5BrClF2NO2. The Morgan fingerprint density at radius 1 is 1.67 bits per heavy atom. The molecule has 0 aliphatic rings. The van der Waals surface area contributed by atoms with E-state index in [1.54, 1.807) is 0 Å². The molecule has 3 nitrogen and oxygen atoms in total. The van der Waals surface area contributed by atoms with Crippen molar-refractivity contribution in [3.63, 3.8) is 0 Å². The Bertz CT molecular complexity index is 400. The lowest BCUT2D eigenvalue weighted by Gasteiger charge is -2.06. The number of nitrogens with zero attached hydrogens (tertiary/aromatic N) is 1. The Hall–Kier alpha value is -0.750. The summed E-state index contributed by atoms with van der Waals surface area (Å²) in [7, 11) is 0. The molecule has 82 valence electrons. The van der Waals surface area contributed by atoms with Gasteiger partial charge in [-0.05, 0) is 22.0 Å². The van der Waals surface area contributed by atoms with Crippen LogP contribution in [0.1, 0.15) is 17.7 Å².